The number of hydrogen-bond donors (Lipinski definition) is 1. The molecule has 1 aliphatic rings. The minimum atomic E-state index is -0.382. The molecule has 1 aliphatic carbocycles. The van der Waals surface area contributed by atoms with Gasteiger partial charge >= 0.3 is 5.97 Å². The zero-order valence-corrected chi connectivity index (χ0v) is 13.3. The van der Waals surface area contributed by atoms with Crippen molar-refractivity contribution in [2.45, 2.75) is 13.0 Å². The van der Waals surface area contributed by atoms with Crippen molar-refractivity contribution in [1.29, 1.82) is 0 Å². The lowest BCUT2D eigenvalue weighted by Gasteiger charge is -2.15. The summed E-state index contributed by atoms with van der Waals surface area (Å²) in [6.45, 7) is 1.91. The summed E-state index contributed by atoms with van der Waals surface area (Å²) in [4.78, 5) is 12.6. The molecule has 3 nitrogen and oxygen atoms in total. The van der Waals surface area contributed by atoms with Crippen LogP contribution in [0.5, 0.6) is 0 Å². The fourth-order valence-corrected chi connectivity index (χ4v) is 3.18. The fraction of sp³-hybridized carbons (Fsp3) is 0.0952. The molecule has 0 fully saturated rings. The van der Waals surface area contributed by atoms with Crippen LogP contribution in [-0.4, -0.2) is 5.97 Å². The molecule has 118 valence electrons. The van der Waals surface area contributed by atoms with E-state index in [1.165, 1.54) is 0 Å². The van der Waals surface area contributed by atoms with Crippen LogP contribution in [0.4, 0.5) is 5.69 Å². The van der Waals surface area contributed by atoms with Crippen molar-refractivity contribution in [1.82, 2.24) is 0 Å². The Bertz CT molecular complexity index is 901. The van der Waals surface area contributed by atoms with E-state index < -0.39 is 0 Å². The summed E-state index contributed by atoms with van der Waals surface area (Å²) in [6.07, 6.45) is -0.382. The molecule has 0 saturated heterocycles. The maximum atomic E-state index is 12.6. The predicted molar refractivity (Wildman–Crippen MR) is 94.7 cm³/mol. The first-order chi connectivity index (χ1) is 11.6. The number of fused-ring (bicyclic) bond motifs is 3. The van der Waals surface area contributed by atoms with Crippen molar-refractivity contribution in [3.63, 3.8) is 0 Å². The van der Waals surface area contributed by atoms with Crippen molar-refractivity contribution < 1.29 is 9.53 Å². The first kappa shape index (κ1) is 14.5. The van der Waals surface area contributed by atoms with Gasteiger partial charge in [-0.05, 0) is 35.7 Å². The van der Waals surface area contributed by atoms with Crippen LogP contribution in [0.2, 0.25) is 0 Å². The van der Waals surface area contributed by atoms with Gasteiger partial charge in [-0.2, -0.15) is 0 Å². The largest absolute Gasteiger partial charge is 0.449 e. The van der Waals surface area contributed by atoms with E-state index in [0.29, 0.717) is 11.3 Å². The Morgan fingerprint density at radius 3 is 2.08 bits per heavy atom. The second kappa shape index (κ2) is 5.53. The van der Waals surface area contributed by atoms with Crippen LogP contribution < -0.4 is 5.73 Å². The van der Waals surface area contributed by atoms with Crippen molar-refractivity contribution in [3.05, 3.63) is 89.0 Å². The van der Waals surface area contributed by atoms with Crippen LogP contribution in [0.3, 0.4) is 0 Å². The van der Waals surface area contributed by atoms with E-state index >= 15 is 0 Å². The third kappa shape index (κ3) is 2.26. The van der Waals surface area contributed by atoms with Crippen LogP contribution in [0.25, 0.3) is 11.1 Å². The number of esters is 1. The molecule has 2 N–H and O–H groups in total. The average Bonchev–Trinajstić information content (AvgIpc) is 2.92. The first-order valence-electron chi connectivity index (χ1n) is 7.90. The maximum Gasteiger partial charge on any atom is 0.339 e. The molecule has 0 bridgehead atoms. The Morgan fingerprint density at radius 1 is 0.917 bits per heavy atom. The molecule has 3 aromatic rings. The van der Waals surface area contributed by atoms with Crippen LogP contribution >= 0.6 is 0 Å². The Labute approximate surface area is 140 Å². The first-order valence-corrected chi connectivity index (χ1v) is 7.90. The lowest BCUT2D eigenvalue weighted by atomic mass is 10.1. The van der Waals surface area contributed by atoms with E-state index in [0.717, 1.165) is 27.8 Å². The third-order valence-corrected chi connectivity index (χ3v) is 4.52. The number of nitrogens with two attached hydrogens (primary N) is 1. The number of hydrogen-bond acceptors (Lipinski definition) is 3. The van der Waals surface area contributed by atoms with Gasteiger partial charge in [0.05, 0.1) is 5.56 Å². The normalized spacial score (nSPS) is 12.5. The van der Waals surface area contributed by atoms with Gasteiger partial charge in [0.25, 0.3) is 0 Å². The van der Waals surface area contributed by atoms with Crippen LogP contribution in [-0.2, 0) is 4.74 Å². The van der Waals surface area contributed by atoms with Gasteiger partial charge in [0.15, 0.2) is 6.10 Å². The third-order valence-electron chi connectivity index (χ3n) is 4.52. The molecular formula is C21H17NO2. The number of nitrogen functional groups attached to an aromatic ring is 1. The highest BCUT2D eigenvalue weighted by Gasteiger charge is 2.31. The molecule has 0 heterocycles. The maximum absolute atomic E-state index is 12.6. The van der Waals surface area contributed by atoms with E-state index in [9.17, 15) is 4.79 Å². The van der Waals surface area contributed by atoms with Crippen LogP contribution in [0.1, 0.15) is 33.2 Å². The number of carbonyl (C=O) groups excluding carboxylic acids is 1. The highest BCUT2D eigenvalue weighted by atomic mass is 16.5. The summed E-state index contributed by atoms with van der Waals surface area (Å²) in [5.41, 5.74) is 12.2. The molecule has 3 heteroatoms. The number of ether oxygens (including phenoxy) is 1. The standard InChI is InChI=1S/C21H17NO2/c1-13-10-11-14(12-19(13)22)21(23)24-20-17-8-4-2-6-15(17)16-7-3-5-9-18(16)20/h2-12,20H,22H2,1H3. The summed E-state index contributed by atoms with van der Waals surface area (Å²) < 4.78 is 5.85. The fourth-order valence-electron chi connectivity index (χ4n) is 3.18. The average molecular weight is 315 g/mol. The highest BCUT2D eigenvalue weighted by molar-refractivity contribution is 5.92. The predicted octanol–water partition coefficient (Wildman–Crippen LogP) is 4.50. The molecule has 3 aromatic carbocycles. The molecule has 0 aliphatic heterocycles. The van der Waals surface area contributed by atoms with Gasteiger partial charge in [-0.15, -0.1) is 0 Å². The molecule has 0 amide bonds. The Kier molecular flexibility index (Phi) is 3.35. The van der Waals surface area contributed by atoms with Crippen molar-refractivity contribution in [2.24, 2.45) is 0 Å². The van der Waals surface area contributed by atoms with E-state index in [4.69, 9.17) is 10.5 Å². The van der Waals surface area contributed by atoms with E-state index in [-0.39, 0.29) is 12.1 Å². The monoisotopic (exact) mass is 315 g/mol. The lowest BCUT2D eigenvalue weighted by Crippen LogP contribution is -2.11. The topological polar surface area (TPSA) is 52.3 Å². The molecule has 0 radical (unpaired) electrons. The molecule has 4 rings (SSSR count). The quantitative estimate of drug-likeness (QED) is 0.559. The molecule has 0 aromatic heterocycles. The number of rotatable bonds is 2. The lowest BCUT2D eigenvalue weighted by molar-refractivity contribution is 0.0386. The Balaban J connectivity index is 1.72. The van der Waals surface area contributed by atoms with Gasteiger partial charge in [0.2, 0.25) is 0 Å². The number of anilines is 1. The second-order valence-electron chi connectivity index (χ2n) is 6.03. The van der Waals surface area contributed by atoms with Crippen LogP contribution in [0, 0.1) is 6.92 Å². The van der Waals surface area contributed by atoms with Gasteiger partial charge in [-0.3, -0.25) is 0 Å². The molecule has 0 unspecified atom stereocenters. The van der Waals surface area contributed by atoms with Gasteiger partial charge in [0, 0.05) is 16.8 Å². The number of benzene rings is 3. The van der Waals surface area contributed by atoms with E-state index in [1.54, 1.807) is 12.1 Å². The van der Waals surface area contributed by atoms with E-state index in [2.05, 4.69) is 12.1 Å². The van der Waals surface area contributed by atoms with Crippen LogP contribution in [0.15, 0.2) is 66.7 Å². The van der Waals surface area contributed by atoms with Crippen molar-refractivity contribution >= 4 is 11.7 Å². The smallest absolute Gasteiger partial charge is 0.339 e. The Morgan fingerprint density at radius 2 is 1.50 bits per heavy atom. The van der Waals surface area contributed by atoms with Gasteiger partial charge in [0.1, 0.15) is 0 Å². The van der Waals surface area contributed by atoms with Crippen molar-refractivity contribution in [2.75, 3.05) is 5.73 Å². The minimum absolute atomic E-state index is 0.363. The zero-order valence-electron chi connectivity index (χ0n) is 13.3. The SMILES string of the molecule is Cc1ccc(C(=O)OC2c3ccccc3-c3ccccc32)cc1N. The summed E-state index contributed by atoms with van der Waals surface area (Å²) in [6, 6.07) is 21.3. The molecule has 0 spiro atoms. The Hall–Kier alpha value is -3.07. The number of carbonyl (C=O) groups is 1. The molecule has 24 heavy (non-hydrogen) atoms. The minimum Gasteiger partial charge on any atom is -0.449 e. The van der Waals surface area contributed by atoms with E-state index in [1.807, 2.05) is 49.4 Å². The highest BCUT2D eigenvalue weighted by Crippen LogP contribution is 2.45. The molecule has 0 atom stereocenters. The van der Waals surface area contributed by atoms with Gasteiger partial charge < -0.3 is 10.5 Å². The molecule has 0 saturated carbocycles. The van der Waals surface area contributed by atoms with Gasteiger partial charge in [-0.25, -0.2) is 4.79 Å². The van der Waals surface area contributed by atoms with Gasteiger partial charge in [-0.1, -0.05) is 54.6 Å². The summed E-state index contributed by atoms with van der Waals surface area (Å²) in [7, 11) is 0. The summed E-state index contributed by atoms with van der Waals surface area (Å²) in [5, 5.41) is 0. The van der Waals surface area contributed by atoms with Crippen molar-refractivity contribution in [3.8, 4) is 11.1 Å². The zero-order chi connectivity index (χ0) is 16.7. The molecular weight excluding hydrogens is 298 g/mol. The summed E-state index contributed by atoms with van der Waals surface area (Å²) >= 11 is 0. The summed E-state index contributed by atoms with van der Waals surface area (Å²) in [5.74, 6) is -0.363. The number of aryl methyl sites for hydroxylation is 1. The second-order valence-corrected chi connectivity index (χ2v) is 6.03.